The second kappa shape index (κ2) is 8.25. The molecule has 3 heteroatoms. The van der Waals surface area contributed by atoms with Crippen molar-refractivity contribution in [3.63, 3.8) is 0 Å². The lowest BCUT2D eigenvalue weighted by Crippen LogP contribution is -2.24. The quantitative estimate of drug-likeness (QED) is 0.700. The van der Waals surface area contributed by atoms with E-state index in [1.165, 1.54) is 0 Å². The van der Waals surface area contributed by atoms with Gasteiger partial charge in [-0.2, -0.15) is 0 Å². The fourth-order valence-electron chi connectivity index (χ4n) is 2.23. The molecule has 0 spiro atoms. The van der Waals surface area contributed by atoms with Gasteiger partial charge in [0.15, 0.2) is 11.6 Å². The third-order valence-electron chi connectivity index (χ3n) is 3.63. The minimum Gasteiger partial charge on any atom is -0.305 e. The second-order valence-electron chi connectivity index (χ2n) is 5.38. The zero-order chi connectivity index (χ0) is 15.8. The number of ketones is 2. The van der Waals surface area contributed by atoms with Crippen molar-refractivity contribution in [1.29, 1.82) is 0 Å². The van der Waals surface area contributed by atoms with Gasteiger partial charge in [0.25, 0.3) is 0 Å². The van der Waals surface area contributed by atoms with Crippen LogP contribution < -0.4 is 0 Å². The molecule has 0 aliphatic carbocycles. The SMILES string of the molecule is CN(CCC(=O)c1ccccc1)CCC(=O)c1ccccc1. The molecule has 0 amide bonds. The fraction of sp³-hybridized carbons (Fsp3) is 0.263. The van der Waals surface area contributed by atoms with E-state index < -0.39 is 0 Å². The molecular weight excluding hydrogens is 274 g/mol. The number of nitrogens with zero attached hydrogens (tertiary/aromatic N) is 1. The van der Waals surface area contributed by atoms with Gasteiger partial charge in [0, 0.05) is 37.1 Å². The van der Waals surface area contributed by atoms with Crippen LogP contribution in [0.25, 0.3) is 0 Å². The van der Waals surface area contributed by atoms with Gasteiger partial charge in [0.1, 0.15) is 0 Å². The van der Waals surface area contributed by atoms with Crippen LogP contribution in [0, 0.1) is 0 Å². The topological polar surface area (TPSA) is 37.4 Å². The van der Waals surface area contributed by atoms with Crippen LogP contribution in [-0.4, -0.2) is 36.6 Å². The largest absolute Gasteiger partial charge is 0.305 e. The highest BCUT2D eigenvalue weighted by molar-refractivity contribution is 5.96. The summed E-state index contributed by atoms with van der Waals surface area (Å²) in [6, 6.07) is 18.6. The summed E-state index contributed by atoms with van der Waals surface area (Å²) in [5.41, 5.74) is 1.49. The van der Waals surface area contributed by atoms with E-state index in [1.807, 2.05) is 72.6 Å². The van der Waals surface area contributed by atoms with Crippen LogP contribution in [0.1, 0.15) is 33.6 Å². The van der Waals surface area contributed by atoms with Crippen molar-refractivity contribution in [3.05, 3.63) is 71.8 Å². The van der Waals surface area contributed by atoms with Gasteiger partial charge in [0.05, 0.1) is 0 Å². The van der Waals surface area contributed by atoms with Gasteiger partial charge < -0.3 is 4.90 Å². The molecule has 0 fully saturated rings. The average molecular weight is 295 g/mol. The van der Waals surface area contributed by atoms with E-state index in [1.54, 1.807) is 0 Å². The molecule has 2 aromatic rings. The molecule has 114 valence electrons. The summed E-state index contributed by atoms with van der Waals surface area (Å²) in [5.74, 6) is 0.281. The van der Waals surface area contributed by atoms with Gasteiger partial charge in [-0.05, 0) is 7.05 Å². The first kappa shape index (κ1) is 16.1. The molecule has 0 unspecified atom stereocenters. The highest BCUT2D eigenvalue weighted by Crippen LogP contribution is 2.06. The molecule has 2 aromatic carbocycles. The van der Waals surface area contributed by atoms with Crippen molar-refractivity contribution in [2.75, 3.05) is 20.1 Å². The van der Waals surface area contributed by atoms with E-state index in [2.05, 4.69) is 0 Å². The fourth-order valence-corrected chi connectivity index (χ4v) is 2.23. The Labute approximate surface area is 131 Å². The Bertz CT molecular complexity index is 552. The Kier molecular flexibility index (Phi) is 6.04. The highest BCUT2D eigenvalue weighted by atomic mass is 16.1. The van der Waals surface area contributed by atoms with Crippen LogP contribution in [-0.2, 0) is 0 Å². The van der Waals surface area contributed by atoms with Crippen molar-refractivity contribution < 1.29 is 9.59 Å². The number of hydrogen-bond acceptors (Lipinski definition) is 3. The Hall–Kier alpha value is -2.26. The highest BCUT2D eigenvalue weighted by Gasteiger charge is 2.09. The number of hydrogen-bond donors (Lipinski definition) is 0. The monoisotopic (exact) mass is 295 g/mol. The van der Waals surface area contributed by atoms with Crippen molar-refractivity contribution in [2.45, 2.75) is 12.8 Å². The lowest BCUT2D eigenvalue weighted by Gasteiger charge is -2.15. The first-order valence-corrected chi connectivity index (χ1v) is 7.52. The Morgan fingerprint density at radius 2 is 1.09 bits per heavy atom. The minimum atomic E-state index is 0.141. The van der Waals surface area contributed by atoms with Crippen molar-refractivity contribution in [1.82, 2.24) is 4.90 Å². The summed E-state index contributed by atoms with van der Waals surface area (Å²) in [4.78, 5) is 26.1. The predicted molar refractivity (Wildman–Crippen MR) is 88.3 cm³/mol. The maximum atomic E-state index is 12.0. The Balaban J connectivity index is 1.73. The summed E-state index contributed by atoms with van der Waals surface area (Å²) in [6.45, 7) is 1.32. The molecule has 0 heterocycles. The van der Waals surface area contributed by atoms with Crippen LogP contribution in [0.4, 0.5) is 0 Å². The second-order valence-corrected chi connectivity index (χ2v) is 5.38. The molecule has 0 saturated carbocycles. The zero-order valence-corrected chi connectivity index (χ0v) is 12.9. The summed E-state index contributed by atoms with van der Waals surface area (Å²) in [7, 11) is 1.94. The minimum absolute atomic E-state index is 0.141. The van der Waals surface area contributed by atoms with Crippen LogP contribution in [0.2, 0.25) is 0 Å². The molecule has 22 heavy (non-hydrogen) atoms. The normalized spacial score (nSPS) is 10.6. The van der Waals surface area contributed by atoms with Gasteiger partial charge in [-0.25, -0.2) is 0 Å². The van der Waals surface area contributed by atoms with Crippen LogP contribution >= 0.6 is 0 Å². The van der Waals surface area contributed by atoms with Crippen molar-refractivity contribution in [3.8, 4) is 0 Å². The molecule has 3 nitrogen and oxygen atoms in total. The summed E-state index contributed by atoms with van der Waals surface area (Å²) in [6.07, 6.45) is 0.945. The number of benzene rings is 2. The molecule has 2 rings (SSSR count). The van der Waals surface area contributed by atoms with Crippen LogP contribution in [0.15, 0.2) is 60.7 Å². The van der Waals surface area contributed by atoms with Gasteiger partial charge in [-0.1, -0.05) is 60.7 Å². The molecule has 0 bridgehead atoms. The standard InChI is InChI=1S/C19H21NO2/c1-20(14-12-18(21)16-8-4-2-5-9-16)15-13-19(22)17-10-6-3-7-11-17/h2-11H,12-15H2,1H3. The molecule has 0 atom stereocenters. The summed E-state index contributed by atoms with van der Waals surface area (Å²) < 4.78 is 0. The number of Topliss-reactive ketones (excluding diaryl/α,β-unsaturated/α-hetero) is 2. The maximum Gasteiger partial charge on any atom is 0.164 e. The summed E-state index contributed by atoms with van der Waals surface area (Å²) in [5, 5.41) is 0. The van der Waals surface area contributed by atoms with Crippen molar-refractivity contribution in [2.24, 2.45) is 0 Å². The van der Waals surface area contributed by atoms with E-state index in [4.69, 9.17) is 0 Å². The van der Waals surface area contributed by atoms with E-state index >= 15 is 0 Å². The van der Waals surface area contributed by atoms with Gasteiger partial charge >= 0.3 is 0 Å². The third-order valence-corrected chi connectivity index (χ3v) is 3.63. The average Bonchev–Trinajstić information content (AvgIpc) is 2.59. The smallest absolute Gasteiger partial charge is 0.164 e. The first-order valence-electron chi connectivity index (χ1n) is 7.52. The first-order chi connectivity index (χ1) is 10.7. The molecule has 0 radical (unpaired) electrons. The number of carbonyl (C=O) groups excluding carboxylic acids is 2. The lowest BCUT2D eigenvalue weighted by atomic mass is 10.1. The third kappa shape index (κ3) is 4.93. The summed E-state index contributed by atoms with van der Waals surface area (Å²) >= 11 is 0. The number of carbonyl (C=O) groups is 2. The van der Waals surface area contributed by atoms with Gasteiger partial charge in [-0.3, -0.25) is 9.59 Å². The molecule has 0 N–H and O–H groups in total. The predicted octanol–water partition coefficient (Wildman–Crippen LogP) is 3.46. The lowest BCUT2D eigenvalue weighted by molar-refractivity contribution is 0.0956. The molecule has 0 aliphatic heterocycles. The van der Waals surface area contributed by atoms with Gasteiger partial charge in [-0.15, -0.1) is 0 Å². The maximum absolute atomic E-state index is 12.0. The van der Waals surface area contributed by atoms with E-state index in [0.717, 1.165) is 11.1 Å². The van der Waals surface area contributed by atoms with Crippen LogP contribution in [0.3, 0.4) is 0 Å². The molecule has 0 aliphatic rings. The Morgan fingerprint density at radius 1 is 0.727 bits per heavy atom. The molecular formula is C19H21NO2. The van der Waals surface area contributed by atoms with Gasteiger partial charge in [0.2, 0.25) is 0 Å². The van der Waals surface area contributed by atoms with E-state index in [-0.39, 0.29) is 11.6 Å². The van der Waals surface area contributed by atoms with E-state index in [9.17, 15) is 9.59 Å². The zero-order valence-electron chi connectivity index (χ0n) is 12.9. The molecule has 0 aromatic heterocycles. The van der Waals surface area contributed by atoms with Crippen molar-refractivity contribution >= 4 is 11.6 Å². The van der Waals surface area contributed by atoms with E-state index in [0.29, 0.717) is 25.9 Å². The molecule has 0 saturated heterocycles. The van der Waals surface area contributed by atoms with Crippen LogP contribution in [0.5, 0.6) is 0 Å². The number of rotatable bonds is 8. The Morgan fingerprint density at radius 3 is 1.45 bits per heavy atom.